The van der Waals surface area contributed by atoms with Crippen molar-refractivity contribution in [2.45, 2.75) is 13.8 Å². The van der Waals surface area contributed by atoms with Gasteiger partial charge < -0.3 is 20.3 Å². The number of anilines is 2. The van der Waals surface area contributed by atoms with E-state index in [1.165, 1.54) is 6.07 Å². The summed E-state index contributed by atoms with van der Waals surface area (Å²) >= 11 is 0. The van der Waals surface area contributed by atoms with Crippen molar-refractivity contribution in [1.82, 2.24) is 10.3 Å². The van der Waals surface area contributed by atoms with Crippen LogP contribution in [0.2, 0.25) is 0 Å². The lowest BCUT2D eigenvalue weighted by molar-refractivity contribution is 0.122. The number of carbonyl (C=O) groups excluding carboxylic acids is 1. The summed E-state index contributed by atoms with van der Waals surface area (Å²) in [6, 6.07) is 6.38. The third kappa shape index (κ3) is 4.36. The van der Waals surface area contributed by atoms with Crippen molar-refractivity contribution in [3.8, 4) is 0 Å². The zero-order chi connectivity index (χ0) is 17.8. The Kier molecular flexibility index (Phi) is 5.33. The number of rotatable bonds is 4. The lowest BCUT2D eigenvalue weighted by Crippen LogP contribution is -2.36. The molecule has 2 heterocycles. The van der Waals surface area contributed by atoms with E-state index < -0.39 is 5.82 Å². The zero-order valence-corrected chi connectivity index (χ0v) is 14.5. The van der Waals surface area contributed by atoms with Gasteiger partial charge in [0.1, 0.15) is 11.3 Å². The highest BCUT2D eigenvalue weighted by molar-refractivity contribution is 5.93. The number of fused-ring (bicyclic) bond motifs is 1. The molecular formula is C18H23FN4O2. The minimum atomic E-state index is -0.452. The highest BCUT2D eigenvalue weighted by atomic mass is 19.1. The first kappa shape index (κ1) is 17.4. The largest absolute Gasteiger partial charge is 0.378 e. The predicted molar refractivity (Wildman–Crippen MR) is 96.6 cm³/mol. The molecule has 1 saturated heterocycles. The fourth-order valence-electron chi connectivity index (χ4n) is 2.69. The molecule has 6 nitrogen and oxygen atoms in total. The van der Waals surface area contributed by atoms with Crippen molar-refractivity contribution < 1.29 is 13.9 Å². The standard InChI is InChI=1S/C18H23FN4O2/c1-12(2)11-20-18(24)21-14-9-13-3-4-16(22-17(13)15(19)10-14)23-5-7-25-8-6-23/h3-4,9-10,12H,5-8,11H2,1-2H3,(H2,20,21,24). The number of aromatic nitrogens is 1. The molecule has 1 aromatic carbocycles. The zero-order valence-electron chi connectivity index (χ0n) is 14.5. The summed E-state index contributed by atoms with van der Waals surface area (Å²) in [5.41, 5.74) is 0.712. The Bertz CT molecular complexity index is 760. The Morgan fingerprint density at radius 3 is 2.80 bits per heavy atom. The average molecular weight is 346 g/mol. The first-order chi connectivity index (χ1) is 12.0. The molecule has 0 unspecified atom stereocenters. The number of benzene rings is 1. The van der Waals surface area contributed by atoms with Crippen molar-refractivity contribution >= 4 is 28.4 Å². The number of hydrogen-bond acceptors (Lipinski definition) is 4. The molecule has 1 aliphatic heterocycles. The van der Waals surface area contributed by atoms with Crippen LogP contribution in [0.5, 0.6) is 0 Å². The smallest absolute Gasteiger partial charge is 0.319 e. The molecule has 0 atom stereocenters. The maximum atomic E-state index is 14.5. The summed E-state index contributed by atoms with van der Waals surface area (Å²) in [5, 5.41) is 6.06. The normalized spacial score (nSPS) is 14.8. The molecular weight excluding hydrogens is 323 g/mol. The van der Waals surface area contributed by atoms with Gasteiger partial charge in [-0.15, -0.1) is 0 Å². The van der Waals surface area contributed by atoms with Crippen LogP contribution in [0.25, 0.3) is 10.9 Å². The number of nitrogens with one attached hydrogen (secondary N) is 2. The minimum Gasteiger partial charge on any atom is -0.378 e. The highest BCUT2D eigenvalue weighted by Gasteiger charge is 2.15. The van der Waals surface area contributed by atoms with E-state index in [1.807, 2.05) is 26.0 Å². The van der Waals surface area contributed by atoms with Crippen LogP contribution in [-0.4, -0.2) is 43.9 Å². The van der Waals surface area contributed by atoms with Gasteiger partial charge in [-0.05, 0) is 30.2 Å². The lowest BCUT2D eigenvalue weighted by atomic mass is 10.2. The van der Waals surface area contributed by atoms with Crippen molar-refractivity contribution in [2.75, 3.05) is 43.1 Å². The molecule has 0 saturated carbocycles. The van der Waals surface area contributed by atoms with Gasteiger partial charge >= 0.3 is 6.03 Å². The fraction of sp³-hybridized carbons (Fsp3) is 0.444. The van der Waals surface area contributed by atoms with E-state index in [0.717, 1.165) is 18.9 Å². The number of halogens is 1. The van der Waals surface area contributed by atoms with E-state index in [4.69, 9.17) is 4.74 Å². The van der Waals surface area contributed by atoms with Crippen LogP contribution in [-0.2, 0) is 4.74 Å². The topological polar surface area (TPSA) is 66.5 Å². The van der Waals surface area contributed by atoms with E-state index in [2.05, 4.69) is 20.5 Å². The molecule has 0 bridgehead atoms. The van der Waals surface area contributed by atoms with Crippen LogP contribution in [0, 0.1) is 11.7 Å². The molecule has 0 spiro atoms. The maximum absolute atomic E-state index is 14.5. The van der Waals surface area contributed by atoms with Crippen LogP contribution >= 0.6 is 0 Å². The molecule has 0 radical (unpaired) electrons. The van der Waals surface area contributed by atoms with E-state index in [9.17, 15) is 9.18 Å². The van der Waals surface area contributed by atoms with E-state index in [-0.39, 0.29) is 6.03 Å². The summed E-state index contributed by atoms with van der Waals surface area (Å²) in [5.74, 6) is 0.638. The molecule has 3 rings (SSSR count). The number of ether oxygens (including phenoxy) is 1. The molecule has 1 fully saturated rings. The summed E-state index contributed by atoms with van der Waals surface area (Å²) in [6.07, 6.45) is 0. The van der Waals surface area contributed by atoms with E-state index in [0.29, 0.717) is 42.3 Å². The molecule has 2 amide bonds. The average Bonchev–Trinajstić information content (AvgIpc) is 2.60. The fourth-order valence-corrected chi connectivity index (χ4v) is 2.69. The second-order valence-electron chi connectivity index (χ2n) is 6.53. The summed E-state index contributed by atoms with van der Waals surface area (Å²) in [6.45, 7) is 7.37. The Balaban J connectivity index is 1.78. The quantitative estimate of drug-likeness (QED) is 0.893. The minimum absolute atomic E-state index is 0.303. The number of hydrogen-bond donors (Lipinski definition) is 2. The van der Waals surface area contributed by atoms with Gasteiger partial charge in [-0.25, -0.2) is 14.2 Å². The Morgan fingerprint density at radius 1 is 1.32 bits per heavy atom. The van der Waals surface area contributed by atoms with Crippen molar-refractivity contribution in [3.05, 3.63) is 30.1 Å². The lowest BCUT2D eigenvalue weighted by Gasteiger charge is -2.28. The van der Waals surface area contributed by atoms with Crippen molar-refractivity contribution in [3.63, 3.8) is 0 Å². The molecule has 134 valence electrons. The summed E-state index contributed by atoms with van der Waals surface area (Å²) in [7, 11) is 0. The van der Waals surface area contributed by atoms with E-state index >= 15 is 0 Å². The van der Waals surface area contributed by atoms with Gasteiger partial charge in [0, 0.05) is 30.7 Å². The molecule has 1 aliphatic rings. The highest BCUT2D eigenvalue weighted by Crippen LogP contribution is 2.25. The summed E-state index contributed by atoms with van der Waals surface area (Å²) in [4.78, 5) is 18.4. The molecule has 0 aliphatic carbocycles. The monoisotopic (exact) mass is 346 g/mol. The van der Waals surface area contributed by atoms with Gasteiger partial charge in [-0.3, -0.25) is 0 Å². The van der Waals surface area contributed by atoms with Crippen LogP contribution in [0.15, 0.2) is 24.3 Å². The Morgan fingerprint density at radius 2 is 2.08 bits per heavy atom. The third-order valence-corrected chi connectivity index (χ3v) is 4.00. The van der Waals surface area contributed by atoms with E-state index in [1.54, 1.807) is 6.07 Å². The van der Waals surface area contributed by atoms with Gasteiger partial charge in [0.15, 0.2) is 5.82 Å². The van der Waals surface area contributed by atoms with Crippen LogP contribution < -0.4 is 15.5 Å². The number of pyridine rings is 1. The van der Waals surface area contributed by atoms with Crippen LogP contribution in [0.3, 0.4) is 0 Å². The molecule has 1 aromatic heterocycles. The maximum Gasteiger partial charge on any atom is 0.319 e. The van der Waals surface area contributed by atoms with Crippen molar-refractivity contribution in [2.24, 2.45) is 5.92 Å². The number of urea groups is 1. The van der Waals surface area contributed by atoms with Crippen LogP contribution in [0.4, 0.5) is 20.7 Å². The van der Waals surface area contributed by atoms with Gasteiger partial charge in [0.25, 0.3) is 0 Å². The molecule has 2 aromatic rings. The number of morpholine rings is 1. The Hall–Kier alpha value is -2.41. The second-order valence-corrected chi connectivity index (χ2v) is 6.53. The first-order valence-corrected chi connectivity index (χ1v) is 8.51. The summed E-state index contributed by atoms with van der Waals surface area (Å²) < 4.78 is 19.8. The van der Waals surface area contributed by atoms with Gasteiger partial charge in [0.05, 0.1) is 13.2 Å². The van der Waals surface area contributed by atoms with Crippen LogP contribution in [0.1, 0.15) is 13.8 Å². The predicted octanol–water partition coefficient (Wildman–Crippen LogP) is 2.99. The van der Waals surface area contributed by atoms with Gasteiger partial charge in [-0.1, -0.05) is 13.8 Å². The molecule has 7 heteroatoms. The number of nitrogens with zero attached hydrogens (tertiary/aromatic N) is 2. The number of amides is 2. The van der Waals surface area contributed by atoms with Gasteiger partial charge in [-0.2, -0.15) is 0 Å². The second kappa shape index (κ2) is 7.65. The third-order valence-electron chi connectivity index (χ3n) is 4.00. The molecule has 2 N–H and O–H groups in total. The van der Waals surface area contributed by atoms with Crippen molar-refractivity contribution in [1.29, 1.82) is 0 Å². The molecule has 25 heavy (non-hydrogen) atoms. The number of carbonyl (C=O) groups is 1. The van der Waals surface area contributed by atoms with Gasteiger partial charge in [0.2, 0.25) is 0 Å². The Labute approximate surface area is 146 Å². The SMILES string of the molecule is CC(C)CNC(=O)Nc1cc(F)c2nc(N3CCOCC3)ccc2c1. The first-order valence-electron chi connectivity index (χ1n) is 8.51.